The lowest BCUT2D eigenvalue weighted by atomic mass is 10.0. The Morgan fingerprint density at radius 3 is 1.25 bits per heavy atom. The number of unbranched alkanes of at least 4 members (excludes halogenated alkanes) is 2. The van der Waals surface area contributed by atoms with Gasteiger partial charge in [-0.1, -0.05) is 99.9 Å². The van der Waals surface area contributed by atoms with E-state index in [1.165, 1.54) is 51.4 Å². The van der Waals surface area contributed by atoms with Crippen LogP contribution in [0.5, 0.6) is 11.5 Å². The van der Waals surface area contributed by atoms with Crippen LogP contribution in [0.25, 0.3) is 21.5 Å². The number of hydrogen-bond donors (Lipinski definition) is 0. The maximum Gasteiger partial charge on any atom is 0.305 e. The Bertz CT molecular complexity index is 1180. The molecule has 5 rings (SSSR count). The smallest absolute Gasteiger partial charge is 0.305 e. The van der Waals surface area contributed by atoms with E-state index in [0.29, 0.717) is 39.3 Å². The Balaban J connectivity index is 1.09. The Labute approximate surface area is 262 Å². The van der Waals surface area contributed by atoms with Crippen molar-refractivity contribution in [3.63, 3.8) is 0 Å². The zero-order chi connectivity index (χ0) is 30.4. The minimum atomic E-state index is -0.100. The van der Waals surface area contributed by atoms with E-state index >= 15 is 0 Å². The van der Waals surface area contributed by atoms with Crippen LogP contribution in [-0.4, -0.2) is 38.4 Å². The van der Waals surface area contributed by atoms with Gasteiger partial charge in [0.05, 0.1) is 26.4 Å². The van der Waals surface area contributed by atoms with E-state index in [1.54, 1.807) is 0 Å². The molecule has 3 aromatic rings. The van der Waals surface area contributed by atoms with Crippen molar-refractivity contribution < 1.29 is 28.5 Å². The summed E-state index contributed by atoms with van der Waals surface area (Å²) in [6.45, 7) is 2.17. The van der Waals surface area contributed by atoms with Gasteiger partial charge in [0.15, 0.2) is 0 Å². The summed E-state index contributed by atoms with van der Waals surface area (Å²) in [5.41, 5.74) is 0. The standard InChI is InChI=1S/C38H50O6/c39-35(41-27-23-29-13-1-2-14-29)21-9-11-25-43-37-31-17-5-7-19-33(31)38(34-20-8-6-18-32(34)37)44-26-12-10-22-36(40)42-28-24-30-15-3-4-16-30/h5-8,17-20,29-30H,1-4,9-16,21-28H2. The van der Waals surface area contributed by atoms with Crippen LogP contribution >= 0.6 is 0 Å². The Kier molecular flexibility index (Phi) is 12.6. The SMILES string of the molecule is O=C(CCCCOc1c2ccccc2c(OCCCCC(=O)OCCC2CCCC2)c2ccccc12)OCCC1CCCC1. The summed E-state index contributed by atoms with van der Waals surface area (Å²) in [5, 5.41) is 4.05. The van der Waals surface area contributed by atoms with Crippen LogP contribution in [0.4, 0.5) is 0 Å². The van der Waals surface area contributed by atoms with E-state index in [1.807, 2.05) is 24.3 Å². The van der Waals surface area contributed by atoms with E-state index < -0.39 is 0 Å². The average molecular weight is 603 g/mol. The molecular formula is C38H50O6. The van der Waals surface area contributed by atoms with Gasteiger partial charge < -0.3 is 18.9 Å². The van der Waals surface area contributed by atoms with Crippen molar-refractivity contribution in [2.45, 2.75) is 103 Å². The van der Waals surface area contributed by atoms with E-state index in [-0.39, 0.29) is 11.9 Å². The lowest BCUT2D eigenvalue weighted by molar-refractivity contribution is -0.145. The van der Waals surface area contributed by atoms with Crippen LogP contribution in [0.15, 0.2) is 48.5 Å². The van der Waals surface area contributed by atoms with Crippen LogP contribution in [0.3, 0.4) is 0 Å². The predicted molar refractivity (Wildman–Crippen MR) is 175 cm³/mol. The monoisotopic (exact) mass is 602 g/mol. The Morgan fingerprint density at radius 2 is 0.886 bits per heavy atom. The number of ether oxygens (including phenoxy) is 4. The van der Waals surface area contributed by atoms with Crippen molar-refractivity contribution in [3.8, 4) is 11.5 Å². The van der Waals surface area contributed by atoms with Gasteiger partial charge in [-0.05, 0) is 50.4 Å². The Hall–Kier alpha value is -3.28. The highest BCUT2D eigenvalue weighted by Gasteiger charge is 2.18. The molecule has 0 bridgehead atoms. The molecular weight excluding hydrogens is 552 g/mol. The molecule has 0 radical (unpaired) electrons. The second-order valence-electron chi connectivity index (χ2n) is 12.7. The minimum Gasteiger partial charge on any atom is -0.492 e. The fourth-order valence-electron chi connectivity index (χ4n) is 6.87. The average Bonchev–Trinajstić information content (AvgIpc) is 3.76. The first-order valence-electron chi connectivity index (χ1n) is 17.2. The molecule has 0 spiro atoms. The third-order valence-electron chi connectivity index (χ3n) is 9.40. The largest absolute Gasteiger partial charge is 0.492 e. The number of benzene rings is 3. The summed E-state index contributed by atoms with van der Waals surface area (Å²) in [4.78, 5) is 24.4. The molecule has 238 valence electrons. The van der Waals surface area contributed by atoms with Gasteiger partial charge >= 0.3 is 11.9 Å². The van der Waals surface area contributed by atoms with E-state index in [9.17, 15) is 9.59 Å². The van der Waals surface area contributed by atoms with Crippen LogP contribution in [-0.2, 0) is 19.1 Å². The number of rotatable bonds is 18. The van der Waals surface area contributed by atoms with Gasteiger partial charge in [-0.25, -0.2) is 0 Å². The molecule has 44 heavy (non-hydrogen) atoms. The van der Waals surface area contributed by atoms with Gasteiger partial charge in [-0.2, -0.15) is 0 Å². The minimum absolute atomic E-state index is 0.100. The number of fused-ring (bicyclic) bond motifs is 2. The molecule has 0 aromatic heterocycles. The molecule has 0 N–H and O–H groups in total. The highest BCUT2D eigenvalue weighted by molar-refractivity contribution is 6.11. The number of esters is 2. The van der Waals surface area contributed by atoms with Crippen molar-refractivity contribution >= 4 is 33.5 Å². The van der Waals surface area contributed by atoms with Gasteiger partial charge in [0.2, 0.25) is 0 Å². The van der Waals surface area contributed by atoms with Crippen LogP contribution < -0.4 is 9.47 Å². The fourth-order valence-corrected chi connectivity index (χ4v) is 6.87. The molecule has 6 heteroatoms. The van der Waals surface area contributed by atoms with Gasteiger partial charge in [0, 0.05) is 34.4 Å². The van der Waals surface area contributed by atoms with Crippen molar-refractivity contribution in [1.29, 1.82) is 0 Å². The third-order valence-corrected chi connectivity index (χ3v) is 9.40. The second-order valence-corrected chi connectivity index (χ2v) is 12.7. The molecule has 3 aromatic carbocycles. The molecule has 2 aliphatic rings. The van der Waals surface area contributed by atoms with E-state index in [4.69, 9.17) is 18.9 Å². The number of hydrogen-bond acceptors (Lipinski definition) is 6. The number of carbonyl (C=O) groups excluding carboxylic acids is 2. The van der Waals surface area contributed by atoms with Crippen LogP contribution in [0.1, 0.15) is 103 Å². The zero-order valence-electron chi connectivity index (χ0n) is 26.4. The fraction of sp³-hybridized carbons (Fsp3) is 0.579. The molecule has 0 saturated heterocycles. The normalized spacial score (nSPS) is 15.6. The maximum atomic E-state index is 12.2. The summed E-state index contributed by atoms with van der Waals surface area (Å²) in [7, 11) is 0. The molecule has 0 amide bonds. The first-order chi connectivity index (χ1) is 21.7. The first-order valence-corrected chi connectivity index (χ1v) is 17.2. The second kappa shape index (κ2) is 17.3. The summed E-state index contributed by atoms with van der Waals surface area (Å²) in [6.07, 6.45) is 16.3. The van der Waals surface area contributed by atoms with Gasteiger partial charge in [-0.15, -0.1) is 0 Å². The van der Waals surface area contributed by atoms with Gasteiger partial charge in [-0.3, -0.25) is 9.59 Å². The van der Waals surface area contributed by atoms with E-state index in [0.717, 1.165) is 83.4 Å². The first kappa shape index (κ1) is 32.1. The molecule has 2 saturated carbocycles. The van der Waals surface area contributed by atoms with Crippen LogP contribution in [0, 0.1) is 11.8 Å². The molecule has 0 atom stereocenters. The summed E-state index contributed by atoms with van der Waals surface area (Å²) < 4.78 is 23.7. The van der Waals surface area contributed by atoms with Crippen LogP contribution in [0.2, 0.25) is 0 Å². The lowest BCUT2D eigenvalue weighted by Crippen LogP contribution is -2.09. The van der Waals surface area contributed by atoms with Gasteiger partial charge in [0.25, 0.3) is 0 Å². The highest BCUT2D eigenvalue weighted by Crippen LogP contribution is 2.42. The van der Waals surface area contributed by atoms with Crippen molar-refractivity contribution in [3.05, 3.63) is 48.5 Å². The van der Waals surface area contributed by atoms with E-state index in [2.05, 4.69) is 24.3 Å². The molecule has 2 fully saturated rings. The Morgan fingerprint density at radius 1 is 0.523 bits per heavy atom. The highest BCUT2D eigenvalue weighted by atomic mass is 16.5. The third kappa shape index (κ3) is 9.36. The molecule has 0 aliphatic heterocycles. The predicted octanol–water partition coefficient (Wildman–Crippen LogP) is 9.34. The summed E-state index contributed by atoms with van der Waals surface area (Å²) in [5.74, 6) is 2.98. The topological polar surface area (TPSA) is 71.1 Å². The van der Waals surface area contributed by atoms with Crippen molar-refractivity contribution in [2.75, 3.05) is 26.4 Å². The quantitative estimate of drug-likeness (QED) is 0.0821. The maximum absolute atomic E-state index is 12.2. The molecule has 0 heterocycles. The van der Waals surface area contributed by atoms with Crippen molar-refractivity contribution in [2.24, 2.45) is 11.8 Å². The lowest BCUT2D eigenvalue weighted by Gasteiger charge is -2.18. The zero-order valence-corrected chi connectivity index (χ0v) is 26.4. The van der Waals surface area contributed by atoms with Gasteiger partial charge in [0.1, 0.15) is 11.5 Å². The molecule has 6 nitrogen and oxygen atoms in total. The molecule has 0 unspecified atom stereocenters. The number of carbonyl (C=O) groups is 2. The molecule has 2 aliphatic carbocycles. The summed E-state index contributed by atoms with van der Waals surface area (Å²) >= 11 is 0. The summed E-state index contributed by atoms with van der Waals surface area (Å²) in [6, 6.07) is 16.4. The van der Waals surface area contributed by atoms with Crippen molar-refractivity contribution in [1.82, 2.24) is 0 Å².